The van der Waals surface area contributed by atoms with Gasteiger partial charge in [0.05, 0.1) is 12.1 Å². The highest BCUT2D eigenvalue weighted by molar-refractivity contribution is 6.05. The molecule has 2 aromatic rings. The minimum atomic E-state index is -0.249. The van der Waals surface area contributed by atoms with Crippen molar-refractivity contribution in [3.05, 3.63) is 30.0 Å². The van der Waals surface area contributed by atoms with E-state index < -0.39 is 0 Å². The van der Waals surface area contributed by atoms with Gasteiger partial charge >= 0.3 is 0 Å². The molecule has 7 nitrogen and oxygen atoms in total. The molecule has 8 heteroatoms. The average Bonchev–Trinajstić information content (AvgIpc) is 2.99. The number of benzene rings is 1. The van der Waals surface area contributed by atoms with Crippen molar-refractivity contribution in [3.8, 4) is 0 Å². The topological polar surface area (TPSA) is 81.3 Å². The van der Waals surface area contributed by atoms with E-state index >= 15 is 0 Å². The van der Waals surface area contributed by atoms with E-state index in [0.29, 0.717) is 18.8 Å². The number of rotatable bonds is 3. The molecular formula is C15H20ClN5O2. The Morgan fingerprint density at radius 3 is 2.70 bits per heavy atom. The van der Waals surface area contributed by atoms with Gasteiger partial charge in [-0.1, -0.05) is 18.2 Å². The van der Waals surface area contributed by atoms with Gasteiger partial charge in [0, 0.05) is 38.6 Å². The second-order valence-electron chi connectivity index (χ2n) is 5.41. The van der Waals surface area contributed by atoms with Crippen LogP contribution in [-0.4, -0.2) is 71.6 Å². The number of amides is 2. The van der Waals surface area contributed by atoms with Crippen molar-refractivity contribution in [2.24, 2.45) is 0 Å². The molecule has 0 spiro atoms. The Labute approximate surface area is 140 Å². The second kappa shape index (κ2) is 7.43. The number of halogens is 1. The first-order valence-electron chi connectivity index (χ1n) is 7.34. The van der Waals surface area contributed by atoms with Crippen LogP contribution in [0.3, 0.4) is 0 Å². The molecular weight excluding hydrogens is 318 g/mol. The number of carbonyl (C=O) groups excluding carboxylic acids is 2. The monoisotopic (exact) mass is 337 g/mol. The zero-order valence-electron chi connectivity index (χ0n) is 12.9. The molecule has 1 aliphatic rings. The van der Waals surface area contributed by atoms with Crippen LogP contribution in [0.2, 0.25) is 0 Å². The maximum Gasteiger partial charge on any atom is 0.275 e. The van der Waals surface area contributed by atoms with Crippen molar-refractivity contribution in [2.45, 2.75) is 0 Å². The molecule has 2 amide bonds. The summed E-state index contributed by atoms with van der Waals surface area (Å²) in [4.78, 5) is 27.9. The largest absolute Gasteiger partial charge is 0.339 e. The van der Waals surface area contributed by atoms with Crippen LogP contribution in [0.25, 0.3) is 10.9 Å². The molecule has 1 fully saturated rings. The zero-order chi connectivity index (χ0) is 15.5. The van der Waals surface area contributed by atoms with Gasteiger partial charge < -0.3 is 15.1 Å². The van der Waals surface area contributed by atoms with Crippen molar-refractivity contribution in [2.75, 3.05) is 39.8 Å². The summed E-state index contributed by atoms with van der Waals surface area (Å²) in [5.41, 5.74) is 1.17. The summed E-state index contributed by atoms with van der Waals surface area (Å²) in [7, 11) is 1.63. The maximum atomic E-state index is 12.5. The summed E-state index contributed by atoms with van der Waals surface area (Å²) in [5, 5.41) is 10.9. The lowest BCUT2D eigenvalue weighted by atomic mass is 10.2. The van der Waals surface area contributed by atoms with Crippen molar-refractivity contribution >= 4 is 35.1 Å². The molecule has 2 N–H and O–H groups in total. The molecule has 0 bridgehead atoms. The molecule has 2 heterocycles. The Balaban J connectivity index is 0.00000192. The Kier molecular flexibility index (Phi) is 5.57. The lowest BCUT2D eigenvalue weighted by Crippen LogP contribution is -2.49. The van der Waals surface area contributed by atoms with E-state index in [4.69, 9.17) is 0 Å². The maximum absolute atomic E-state index is 12.5. The number of H-pyrrole nitrogens is 1. The molecule has 1 aromatic heterocycles. The molecule has 23 heavy (non-hydrogen) atoms. The minimum absolute atomic E-state index is 0. The van der Waals surface area contributed by atoms with Crippen molar-refractivity contribution in [1.29, 1.82) is 0 Å². The van der Waals surface area contributed by atoms with Gasteiger partial charge in [-0.3, -0.25) is 14.7 Å². The molecule has 0 saturated carbocycles. The number of hydrogen-bond acceptors (Lipinski definition) is 4. The fourth-order valence-electron chi connectivity index (χ4n) is 2.60. The normalized spacial score (nSPS) is 14.4. The highest BCUT2D eigenvalue weighted by atomic mass is 35.5. The van der Waals surface area contributed by atoms with Crippen LogP contribution in [0.1, 0.15) is 10.5 Å². The van der Waals surface area contributed by atoms with Gasteiger partial charge in [-0.2, -0.15) is 5.10 Å². The number of piperazine rings is 1. The minimum Gasteiger partial charge on any atom is -0.339 e. The molecule has 124 valence electrons. The smallest absolute Gasteiger partial charge is 0.275 e. The van der Waals surface area contributed by atoms with Gasteiger partial charge in [-0.05, 0) is 6.07 Å². The van der Waals surface area contributed by atoms with E-state index in [0.717, 1.165) is 24.0 Å². The number of nitrogens with one attached hydrogen (secondary N) is 2. The molecule has 3 rings (SSSR count). The Bertz CT molecular complexity index is 696. The quantitative estimate of drug-likeness (QED) is 0.854. The van der Waals surface area contributed by atoms with Crippen LogP contribution in [0.5, 0.6) is 0 Å². The lowest BCUT2D eigenvalue weighted by Gasteiger charge is -2.29. The van der Waals surface area contributed by atoms with E-state index in [1.54, 1.807) is 11.9 Å². The SMILES string of the molecule is CN(CC(=O)N1CCNCC1)C(=O)c1n[nH]c2ccccc12.Cl. The molecule has 0 atom stereocenters. The predicted molar refractivity (Wildman–Crippen MR) is 89.8 cm³/mol. The third-order valence-electron chi connectivity index (χ3n) is 3.86. The zero-order valence-corrected chi connectivity index (χ0v) is 13.7. The fraction of sp³-hybridized carbons (Fsp3) is 0.400. The van der Waals surface area contributed by atoms with Gasteiger partial charge in [0.2, 0.25) is 5.91 Å². The first kappa shape index (κ1) is 17.2. The Morgan fingerprint density at radius 2 is 1.96 bits per heavy atom. The van der Waals surface area contributed by atoms with Crippen LogP contribution in [0.4, 0.5) is 0 Å². The van der Waals surface area contributed by atoms with Crippen LogP contribution in [0.15, 0.2) is 24.3 Å². The summed E-state index contributed by atoms with van der Waals surface area (Å²) in [6.45, 7) is 3.04. The number of likely N-dealkylation sites (N-methyl/N-ethyl adjacent to an activating group) is 1. The molecule has 1 aromatic carbocycles. The number of nitrogens with zero attached hydrogens (tertiary/aromatic N) is 3. The highest BCUT2D eigenvalue weighted by Crippen LogP contribution is 2.16. The van der Waals surface area contributed by atoms with Crippen molar-refractivity contribution in [1.82, 2.24) is 25.3 Å². The van der Waals surface area contributed by atoms with E-state index in [2.05, 4.69) is 15.5 Å². The Hall–Kier alpha value is -2.12. The second-order valence-corrected chi connectivity index (χ2v) is 5.41. The number of aromatic nitrogens is 2. The van der Waals surface area contributed by atoms with E-state index in [1.807, 2.05) is 24.3 Å². The Morgan fingerprint density at radius 1 is 1.26 bits per heavy atom. The fourth-order valence-corrected chi connectivity index (χ4v) is 2.60. The first-order chi connectivity index (χ1) is 10.7. The van der Waals surface area contributed by atoms with Gasteiger partial charge in [-0.25, -0.2) is 0 Å². The number of hydrogen-bond donors (Lipinski definition) is 2. The number of fused-ring (bicyclic) bond motifs is 1. The molecule has 0 unspecified atom stereocenters. The van der Waals surface area contributed by atoms with E-state index in [-0.39, 0.29) is 30.8 Å². The standard InChI is InChI=1S/C15H19N5O2.ClH/c1-19(10-13(21)20-8-6-16-7-9-20)15(22)14-11-4-2-3-5-12(11)17-18-14;/h2-5,16H,6-10H2,1H3,(H,17,18);1H. The summed E-state index contributed by atoms with van der Waals surface area (Å²) < 4.78 is 0. The average molecular weight is 338 g/mol. The summed E-state index contributed by atoms with van der Waals surface area (Å²) >= 11 is 0. The predicted octanol–water partition coefficient (Wildman–Crippen LogP) is 0.489. The van der Waals surface area contributed by atoms with Gasteiger partial charge in [0.1, 0.15) is 0 Å². The third kappa shape index (κ3) is 3.62. The van der Waals surface area contributed by atoms with Gasteiger partial charge in [0.25, 0.3) is 5.91 Å². The van der Waals surface area contributed by atoms with E-state index in [9.17, 15) is 9.59 Å². The summed E-state index contributed by atoms with van der Waals surface area (Å²) in [6, 6.07) is 7.45. The number of para-hydroxylation sites is 1. The number of aromatic amines is 1. The van der Waals surface area contributed by atoms with E-state index in [1.165, 1.54) is 4.90 Å². The van der Waals surface area contributed by atoms with Crippen LogP contribution in [0, 0.1) is 0 Å². The number of carbonyl (C=O) groups is 2. The lowest BCUT2D eigenvalue weighted by molar-refractivity contribution is -0.132. The molecule has 0 aliphatic carbocycles. The summed E-state index contributed by atoms with van der Waals surface area (Å²) in [6.07, 6.45) is 0. The molecule has 0 radical (unpaired) electrons. The molecule has 1 aliphatic heterocycles. The van der Waals surface area contributed by atoms with Crippen LogP contribution >= 0.6 is 12.4 Å². The highest BCUT2D eigenvalue weighted by Gasteiger charge is 2.23. The summed E-state index contributed by atoms with van der Waals surface area (Å²) in [5.74, 6) is -0.280. The molecule has 1 saturated heterocycles. The van der Waals surface area contributed by atoms with Crippen LogP contribution in [-0.2, 0) is 4.79 Å². The van der Waals surface area contributed by atoms with Crippen molar-refractivity contribution < 1.29 is 9.59 Å². The van der Waals surface area contributed by atoms with Gasteiger partial charge in [0.15, 0.2) is 5.69 Å². The van der Waals surface area contributed by atoms with Gasteiger partial charge in [-0.15, -0.1) is 12.4 Å². The third-order valence-corrected chi connectivity index (χ3v) is 3.86. The van der Waals surface area contributed by atoms with Crippen LogP contribution < -0.4 is 5.32 Å². The van der Waals surface area contributed by atoms with Crippen molar-refractivity contribution in [3.63, 3.8) is 0 Å². The first-order valence-corrected chi connectivity index (χ1v) is 7.34.